The number of amides is 2. The predicted octanol–water partition coefficient (Wildman–Crippen LogP) is 3.99. The quantitative estimate of drug-likeness (QED) is 0.655. The molecule has 0 atom stereocenters. The number of carbonyl (C=O) groups is 2. The molecule has 0 spiro atoms. The summed E-state index contributed by atoms with van der Waals surface area (Å²) in [6, 6.07) is 15.9. The lowest BCUT2D eigenvalue weighted by molar-refractivity contribution is 0.0358. The minimum Gasteiger partial charge on any atom is -0.267 e. The van der Waals surface area contributed by atoms with Crippen LogP contribution in [0.2, 0.25) is 0 Å². The first-order valence-corrected chi connectivity index (χ1v) is 9.12. The van der Waals surface area contributed by atoms with Gasteiger partial charge in [-0.3, -0.25) is 15.0 Å². The van der Waals surface area contributed by atoms with Gasteiger partial charge in [0.15, 0.2) is 0 Å². The van der Waals surface area contributed by atoms with Crippen LogP contribution >= 0.6 is 11.8 Å². The van der Waals surface area contributed by atoms with Gasteiger partial charge >= 0.3 is 0 Å². The Bertz CT molecular complexity index is 823. The molecule has 0 aliphatic carbocycles. The number of nitriles is 1. The molecule has 0 saturated heterocycles. The Labute approximate surface area is 158 Å². The lowest BCUT2D eigenvalue weighted by atomic mass is 10.1. The Morgan fingerprint density at radius 2 is 1.73 bits per heavy atom. The van der Waals surface area contributed by atoms with Gasteiger partial charge in [0.25, 0.3) is 11.8 Å². The molecule has 134 valence electrons. The van der Waals surface area contributed by atoms with Crippen LogP contribution < -0.4 is 5.43 Å². The van der Waals surface area contributed by atoms with Crippen LogP contribution in [0.3, 0.4) is 0 Å². The second kappa shape index (κ2) is 8.54. The molecule has 2 rings (SSSR count). The molecule has 1 N–H and O–H groups in total. The molecule has 2 amide bonds. The summed E-state index contributed by atoms with van der Waals surface area (Å²) in [4.78, 5) is 25.5. The summed E-state index contributed by atoms with van der Waals surface area (Å²) in [5.74, 6) is -0.139. The molecule has 0 saturated carbocycles. The molecule has 0 heterocycles. The Hall–Kier alpha value is -2.78. The lowest BCUT2D eigenvalue weighted by Gasteiger charge is -2.35. The largest absolute Gasteiger partial charge is 0.272 e. The molecule has 0 radical (unpaired) electrons. The maximum atomic E-state index is 12.8. The van der Waals surface area contributed by atoms with Crippen molar-refractivity contribution in [1.29, 1.82) is 5.26 Å². The summed E-state index contributed by atoms with van der Waals surface area (Å²) in [6.07, 6.45) is 0. The fourth-order valence-electron chi connectivity index (χ4n) is 2.32. The van der Waals surface area contributed by atoms with Crippen molar-refractivity contribution in [2.45, 2.75) is 32.1 Å². The third-order valence-electron chi connectivity index (χ3n) is 3.60. The zero-order chi connectivity index (χ0) is 19.2. The van der Waals surface area contributed by atoms with Gasteiger partial charge < -0.3 is 0 Å². The summed E-state index contributed by atoms with van der Waals surface area (Å²) < 4.78 is 0. The summed E-state index contributed by atoms with van der Waals surface area (Å²) in [6.45, 7) is 5.57. The summed E-state index contributed by atoms with van der Waals surface area (Å²) >= 11 is 1.11. The van der Waals surface area contributed by atoms with E-state index in [1.165, 1.54) is 5.01 Å². The van der Waals surface area contributed by atoms with E-state index in [-0.39, 0.29) is 11.8 Å². The standard InChI is InChI=1S/C20H21N3O2S/c1-20(2,3)23(19(25)16-9-5-4-6-10-16)22-18(24)17-11-7-8-15(12-17)13-26-14-21/h4-12H,13H2,1-3H3,(H,22,24). The van der Waals surface area contributed by atoms with Crippen LogP contribution in [0, 0.1) is 10.7 Å². The summed E-state index contributed by atoms with van der Waals surface area (Å²) in [7, 11) is 0. The maximum absolute atomic E-state index is 12.8. The zero-order valence-corrected chi connectivity index (χ0v) is 15.8. The van der Waals surface area contributed by atoms with Crippen molar-refractivity contribution < 1.29 is 9.59 Å². The maximum Gasteiger partial charge on any atom is 0.272 e. The first-order valence-electron chi connectivity index (χ1n) is 8.13. The Kier molecular flexibility index (Phi) is 6.42. The van der Waals surface area contributed by atoms with Crippen LogP contribution in [-0.2, 0) is 5.75 Å². The number of rotatable bonds is 4. The van der Waals surface area contributed by atoms with Crippen LogP contribution in [0.1, 0.15) is 47.1 Å². The summed E-state index contributed by atoms with van der Waals surface area (Å²) in [5.41, 5.74) is 3.95. The highest BCUT2D eigenvalue weighted by molar-refractivity contribution is 8.02. The van der Waals surface area contributed by atoms with Gasteiger partial charge in [0, 0.05) is 16.9 Å². The molecule has 0 unspecified atom stereocenters. The van der Waals surface area contributed by atoms with Gasteiger partial charge in [-0.25, -0.2) is 5.01 Å². The van der Waals surface area contributed by atoms with Crippen molar-refractivity contribution in [3.05, 3.63) is 71.3 Å². The highest BCUT2D eigenvalue weighted by atomic mass is 32.2. The van der Waals surface area contributed by atoms with Gasteiger partial charge in [-0.05, 0) is 62.4 Å². The number of hydrogen-bond acceptors (Lipinski definition) is 4. The number of thiocyanates is 1. The third-order valence-corrected chi connectivity index (χ3v) is 4.21. The average molecular weight is 367 g/mol. The zero-order valence-electron chi connectivity index (χ0n) is 15.0. The van der Waals surface area contributed by atoms with Gasteiger partial charge in [0.1, 0.15) is 5.40 Å². The smallest absolute Gasteiger partial charge is 0.267 e. The van der Waals surface area contributed by atoms with Crippen molar-refractivity contribution in [3.63, 3.8) is 0 Å². The van der Waals surface area contributed by atoms with Crippen molar-refractivity contribution >= 4 is 23.6 Å². The number of hydrazine groups is 1. The number of thioether (sulfide) groups is 1. The molecule has 26 heavy (non-hydrogen) atoms. The van der Waals surface area contributed by atoms with Crippen molar-refractivity contribution in [3.8, 4) is 5.40 Å². The first-order chi connectivity index (χ1) is 12.3. The van der Waals surface area contributed by atoms with E-state index in [0.29, 0.717) is 16.9 Å². The molecule has 2 aromatic carbocycles. The van der Waals surface area contributed by atoms with Gasteiger partial charge in [-0.1, -0.05) is 30.3 Å². The number of carbonyl (C=O) groups excluding carboxylic acids is 2. The SMILES string of the molecule is CC(C)(C)N(NC(=O)c1cccc(CSC#N)c1)C(=O)c1ccccc1. The number of nitrogens with one attached hydrogen (secondary N) is 1. The van der Waals surface area contributed by atoms with Gasteiger partial charge in [0.2, 0.25) is 0 Å². The highest BCUT2D eigenvalue weighted by Gasteiger charge is 2.29. The monoisotopic (exact) mass is 367 g/mol. The lowest BCUT2D eigenvalue weighted by Crippen LogP contribution is -2.55. The van der Waals surface area contributed by atoms with Gasteiger partial charge in [0.05, 0.1) is 5.54 Å². The van der Waals surface area contributed by atoms with E-state index < -0.39 is 5.54 Å². The molecule has 0 fully saturated rings. The van der Waals surface area contributed by atoms with Crippen LogP contribution in [0.4, 0.5) is 0 Å². The van der Waals surface area contributed by atoms with Gasteiger partial charge in [-0.2, -0.15) is 5.26 Å². The molecule has 5 nitrogen and oxygen atoms in total. The average Bonchev–Trinajstić information content (AvgIpc) is 2.63. The molecule has 0 bridgehead atoms. The van der Waals surface area contributed by atoms with E-state index in [1.807, 2.05) is 38.3 Å². The van der Waals surface area contributed by atoms with E-state index in [4.69, 9.17) is 5.26 Å². The van der Waals surface area contributed by atoms with E-state index >= 15 is 0 Å². The molecule has 6 heteroatoms. The normalized spacial score (nSPS) is 10.7. The second-order valence-electron chi connectivity index (χ2n) is 6.70. The fourth-order valence-corrected chi connectivity index (χ4v) is 2.73. The van der Waals surface area contributed by atoms with Crippen molar-refractivity contribution in [2.75, 3.05) is 0 Å². The Morgan fingerprint density at radius 1 is 1.08 bits per heavy atom. The minimum atomic E-state index is -0.600. The van der Waals surface area contributed by atoms with E-state index in [2.05, 4.69) is 5.43 Å². The predicted molar refractivity (Wildman–Crippen MR) is 103 cm³/mol. The van der Waals surface area contributed by atoms with E-state index in [0.717, 1.165) is 17.3 Å². The number of benzene rings is 2. The number of hydrogen-bond donors (Lipinski definition) is 1. The van der Waals surface area contributed by atoms with Crippen molar-refractivity contribution in [1.82, 2.24) is 10.4 Å². The van der Waals surface area contributed by atoms with Crippen LogP contribution in [0.25, 0.3) is 0 Å². The molecule has 0 aliphatic heterocycles. The highest BCUT2D eigenvalue weighted by Crippen LogP contribution is 2.17. The third kappa shape index (κ3) is 5.11. The van der Waals surface area contributed by atoms with E-state index in [1.54, 1.807) is 42.5 Å². The fraction of sp³-hybridized carbons (Fsp3) is 0.250. The molecule has 2 aromatic rings. The molecule has 0 aliphatic rings. The van der Waals surface area contributed by atoms with Crippen molar-refractivity contribution in [2.24, 2.45) is 0 Å². The number of nitrogens with zero attached hydrogens (tertiary/aromatic N) is 2. The summed E-state index contributed by atoms with van der Waals surface area (Å²) in [5, 5.41) is 12.0. The molecule has 0 aromatic heterocycles. The molecular formula is C20H21N3O2S. The van der Waals surface area contributed by atoms with Crippen LogP contribution in [0.5, 0.6) is 0 Å². The van der Waals surface area contributed by atoms with E-state index in [9.17, 15) is 9.59 Å². The Morgan fingerprint density at radius 3 is 2.35 bits per heavy atom. The first kappa shape index (κ1) is 19.5. The topological polar surface area (TPSA) is 73.2 Å². The Balaban J connectivity index is 2.22. The molecular weight excluding hydrogens is 346 g/mol. The van der Waals surface area contributed by atoms with Crippen LogP contribution in [0.15, 0.2) is 54.6 Å². The van der Waals surface area contributed by atoms with Crippen LogP contribution in [-0.4, -0.2) is 22.4 Å². The van der Waals surface area contributed by atoms with Gasteiger partial charge in [-0.15, -0.1) is 0 Å². The second-order valence-corrected chi connectivity index (χ2v) is 7.46. The minimum absolute atomic E-state index is 0.275.